The molecule has 1 aromatic heterocycles. The summed E-state index contributed by atoms with van der Waals surface area (Å²) in [5.41, 5.74) is 2.62. The molecule has 0 saturated carbocycles. The summed E-state index contributed by atoms with van der Waals surface area (Å²) in [4.78, 5) is 15.2. The lowest BCUT2D eigenvalue weighted by molar-refractivity contribution is -0.384. The predicted molar refractivity (Wildman–Crippen MR) is 116 cm³/mol. The molecule has 4 rings (SSSR count). The van der Waals surface area contributed by atoms with Crippen LogP contribution in [0.3, 0.4) is 0 Å². The van der Waals surface area contributed by atoms with Gasteiger partial charge < -0.3 is 4.74 Å². The summed E-state index contributed by atoms with van der Waals surface area (Å²) >= 11 is 7.67. The summed E-state index contributed by atoms with van der Waals surface area (Å²) in [6.07, 6.45) is 1.93. The second-order valence-corrected chi connectivity index (χ2v) is 7.83. The van der Waals surface area contributed by atoms with E-state index in [4.69, 9.17) is 16.3 Å². The number of nitro groups is 1. The molecule has 0 unspecified atom stereocenters. The molecule has 0 fully saturated rings. The molecule has 0 spiro atoms. The zero-order valence-electron chi connectivity index (χ0n) is 15.7. The summed E-state index contributed by atoms with van der Waals surface area (Å²) in [5, 5.41) is 27.8. The predicted octanol–water partition coefficient (Wildman–Crippen LogP) is 4.48. The number of ether oxygens (including phenoxy) is 1. The van der Waals surface area contributed by atoms with Gasteiger partial charge in [-0.3, -0.25) is 15.2 Å². The van der Waals surface area contributed by atoms with Gasteiger partial charge in [-0.2, -0.15) is 10.2 Å². The topological polar surface area (TPSA) is 119 Å². The lowest BCUT2D eigenvalue weighted by atomic mass is 9.99. The van der Waals surface area contributed by atoms with E-state index in [2.05, 4.69) is 25.4 Å². The van der Waals surface area contributed by atoms with Gasteiger partial charge in [-0.25, -0.2) is 4.98 Å². The first kappa shape index (κ1) is 20.0. The number of methoxy groups -OCH3 is 1. The van der Waals surface area contributed by atoms with Crippen molar-refractivity contribution in [3.63, 3.8) is 0 Å². The average Bonchev–Trinajstić information content (AvgIpc) is 3.43. The zero-order chi connectivity index (χ0) is 21.1. The van der Waals surface area contributed by atoms with E-state index >= 15 is 0 Å². The minimum atomic E-state index is -0.426. The molecule has 0 amide bonds. The molecule has 1 aliphatic rings. The number of H-pyrrole nitrogens is 1. The van der Waals surface area contributed by atoms with E-state index < -0.39 is 4.92 Å². The molecule has 3 aromatic rings. The highest BCUT2D eigenvalue weighted by Gasteiger charge is 2.20. The monoisotopic (exact) mass is 442 g/mol. The van der Waals surface area contributed by atoms with Crippen LogP contribution in [0.25, 0.3) is 11.1 Å². The van der Waals surface area contributed by atoms with Crippen LogP contribution in [-0.4, -0.2) is 38.0 Å². The van der Waals surface area contributed by atoms with E-state index in [1.54, 1.807) is 18.2 Å². The fraction of sp³-hybridized carbons (Fsp3) is 0.158. The van der Waals surface area contributed by atoms with E-state index in [9.17, 15) is 10.1 Å². The second-order valence-electron chi connectivity index (χ2n) is 6.34. The SMILES string of the molecule is COc1cc(Cl)cc(-c2cc(C3=NN=C(SCc4ncn[nH]4)C3)cc([N+](=O)[O-])c2)c1. The third kappa shape index (κ3) is 4.50. The highest BCUT2D eigenvalue weighted by molar-refractivity contribution is 8.13. The van der Waals surface area contributed by atoms with Crippen molar-refractivity contribution in [2.45, 2.75) is 12.2 Å². The van der Waals surface area contributed by atoms with E-state index in [0.717, 1.165) is 10.9 Å². The molecule has 1 N–H and O–H groups in total. The lowest BCUT2D eigenvalue weighted by Gasteiger charge is -2.09. The van der Waals surface area contributed by atoms with Crippen molar-refractivity contribution >= 4 is 39.8 Å². The Balaban J connectivity index is 1.60. The molecule has 152 valence electrons. The molecule has 9 nitrogen and oxygen atoms in total. The molecule has 0 atom stereocenters. The van der Waals surface area contributed by atoms with Gasteiger partial charge in [0, 0.05) is 29.1 Å². The van der Waals surface area contributed by atoms with E-state index in [1.165, 1.54) is 37.3 Å². The Morgan fingerprint density at radius 3 is 2.70 bits per heavy atom. The number of non-ortho nitro benzene ring substituents is 1. The highest BCUT2D eigenvalue weighted by Crippen LogP contribution is 2.32. The Morgan fingerprint density at radius 2 is 1.97 bits per heavy atom. The third-order valence-corrected chi connectivity index (χ3v) is 5.54. The van der Waals surface area contributed by atoms with Crippen molar-refractivity contribution in [3.8, 4) is 16.9 Å². The van der Waals surface area contributed by atoms with Gasteiger partial charge in [0.05, 0.1) is 23.5 Å². The van der Waals surface area contributed by atoms with Gasteiger partial charge >= 0.3 is 0 Å². The Bertz CT molecular complexity index is 1160. The number of benzene rings is 2. The van der Waals surface area contributed by atoms with Gasteiger partial charge in [0.2, 0.25) is 0 Å². The van der Waals surface area contributed by atoms with Gasteiger partial charge in [-0.15, -0.1) is 16.9 Å². The van der Waals surface area contributed by atoms with Crippen molar-refractivity contribution in [1.82, 2.24) is 15.2 Å². The van der Waals surface area contributed by atoms with Crippen LogP contribution < -0.4 is 4.74 Å². The maximum absolute atomic E-state index is 11.5. The zero-order valence-corrected chi connectivity index (χ0v) is 17.3. The van der Waals surface area contributed by atoms with E-state index in [1.807, 2.05) is 6.07 Å². The first-order chi connectivity index (χ1) is 14.5. The number of rotatable bonds is 6. The van der Waals surface area contributed by atoms with E-state index in [0.29, 0.717) is 45.3 Å². The second kappa shape index (κ2) is 8.64. The Kier molecular flexibility index (Phi) is 5.77. The standard InChI is InChI=1S/C19H15ClN6O3S/c1-29-16-6-12(3-14(20)7-16)11-2-13(5-15(4-11)26(27)28)17-8-19(25-23-17)30-9-18-21-10-22-24-18/h2-7,10H,8-9H2,1H3,(H,21,22,24). The number of nitrogens with zero attached hydrogens (tertiary/aromatic N) is 5. The van der Waals surface area contributed by atoms with E-state index in [-0.39, 0.29) is 5.69 Å². The van der Waals surface area contributed by atoms with Crippen molar-refractivity contribution in [1.29, 1.82) is 0 Å². The minimum absolute atomic E-state index is 0.0353. The molecule has 0 bridgehead atoms. The maximum atomic E-state index is 11.5. The minimum Gasteiger partial charge on any atom is -0.497 e. The first-order valence-corrected chi connectivity index (χ1v) is 10.1. The van der Waals surface area contributed by atoms with Crippen LogP contribution in [0.4, 0.5) is 5.69 Å². The molecular formula is C19H15ClN6O3S. The Hall–Kier alpha value is -3.24. The van der Waals surface area contributed by atoms with Gasteiger partial charge in [0.15, 0.2) is 0 Å². The fourth-order valence-corrected chi connectivity index (χ4v) is 3.92. The quantitative estimate of drug-likeness (QED) is 0.444. The molecular weight excluding hydrogens is 428 g/mol. The molecule has 2 aromatic carbocycles. The van der Waals surface area contributed by atoms with Crippen molar-refractivity contribution in [2.24, 2.45) is 10.2 Å². The lowest BCUT2D eigenvalue weighted by Crippen LogP contribution is -2.03. The fourth-order valence-electron chi connectivity index (χ4n) is 2.92. The Labute approximate surface area is 180 Å². The number of aromatic nitrogens is 3. The van der Waals surface area contributed by atoms with Crippen molar-refractivity contribution < 1.29 is 9.66 Å². The summed E-state index contributed by atoms with van der Waals surface area (Å²) in [6, 6.07) is 10.0. The van der Waals surface area contributed by atoms with Gasteiger partial charge in [-0.1, -0.05) is 11.6 Å². The number of aromatic amines is 1. The Morgan fingerprint density at radius 1 is 1.17 bits per heavy atom. The van der Waals surface area contributed by atoms with Crippen LogP contribution in [0.1, 0.15) is 17.8 Å². The van der Waals surface area contributed by atoms with Gasteiger partial charge in [-0.05, 0) is 35.4 Å². The molecule has 0 aliphatic carbocycles. The largest absolute Gasteiger partial charge is 0.497 e. The molecule has 30 heavy (non-hydrogen) atoms. The van der Waals surface area contributed by atoms with Gasteiger partial charge in [0.25, 0.3) is 5.69 Å². The number of thioether (sulfide) groups is 1. The van der Waals surface area contributed by atoms with Crippen LogP contribution in [0.5, 0.6) is 5.75 Å². The number of nitrogens with one attached hydrogen (secondary N) is 1. The van der Waals surface area contributed by atoms with Crippen LogP contribution in [0.2, 0.25) is 5.02 Å². The third-order valence-electron chi connectivity index (χ3n) is 4.34. The molecule has 2 heterocycles. The average molecular weight is 443 g/mol. The molecule has 0 radical (unpaired) electrons. The molecule has 11 heteroatoms. The molecule has 0 saturated heterocycles. The van der Waals surface area contributed by atoms with Crippen LogP contribution in [0, 0.1) is 10.1 Å². The van der Waals surface area contributed by atoms with Gasteiger partial charge in [0.1, 0.15) is 22.9 Å². The van der Waals surface area contributed by atoms with Crippen LogP contribution >= 0.6 is 23.4 Å². The molecule has 1 aliphatic heterocycles. The first-order valence-electron chi connectivity index (χ1n) is 8.77. The van der Waals surface area contributed by atoms with Crippen LogP contribution in [0.15, 0.2) is 52.9 Å². The smallest absolute Gasteiger partial charge is 0.270 e. The van der Waals surface area contributed by atoms with Crippen LogP contribution in [-0.2, 0) is 5.75 Å². The number of nitro benzene ring substituents is 1. The summed E-state index contributed by atoms with van der Waals surface area (Å²) in [6.45, 7) is 0. The summed E-state index contributed by atoms with van der Waals surface area (Å²) in [7, 11) is 1.54. The maximum Gasteiger partial charge on any atom is 0.270 e. The summed E-state index contributed by atoms with van der Waals surface area (Å²) in [5.74, 6) is 1.89. The number of hydrogen-bond acceptors (Lipinski definition) is 8. The normalized spacial score (nSPS) is 13.1. The highest BCUT2D eigenvalue weighted by atomic mass is 35.5. The number of hydrogen-bond donors (Lipinski definition) is 1. The van der Waals surface area contributed by atoms with Crippen molar-refractivity contribution in [2.75, 3.05) is 7.11 Å². The number of halogens is 1. The van der Waals surface area contributed by atoms with Crippen molar-refractivity contribution in [3.05, 3.63) is 69.3 Å². The summed E-state index contributed by atoms with van der Waals surface area (Å²) < 4.78 is 5.26.